The zero-order chi connectivity index (χ0) is 14.4. The number of carbonyl (C=O) groups excluding carboxylic acids is 1. The van der Waals surface area contributed by atoms with Gasteiger partial charge in [-0.25, -0.2) is 9.59 Å². The third kappa shape index (κ3) is 5.27. The summed E-state index contributed by atoms with van der Waals surface area (Å²) in [7, 11) is 3.80. The van der Waals surface area contributed by atoms with E-state index in [1.807, 2.05) is 19.0 Å². The molecule has 0 saturated carbocycles. The van der Waals surface area contributed by atoms with Gasteiger partial charge in [-0.3, -0.25) is 0 Å². The van der Waals surface area contributed by atoms with Crippen LogP contribution in [0.5, 0.6) is 0 Å². The van der Waals surface area contributed by atoms with Gasteiger partial charge in [0.2, 0.25) is 0 Å². The molecule has 3 N–H and O–H groups in total. The van der Waals surface area contributed by atoms with Gasteiger partial charge in [0.1, 0.15) is 0 Å². The molecule has 0 fully saturated rings. The molecule has 6 nitrogen and oxygen atoms in total. The molecule has 104 valence electrons. The molecule has 0 radical (unpaired) electrons. The highest BCUT2D eigenvalue weighted by Crippen LogP contribution is 2.20. The predicted octanol–water partition coefficient (Wildman–Crippen LogP) is 1.83. The number of halogens is 1. The summed E-state index contributed by atoms with van der Waals surface area (Å²) in [6, 6.07) is 4.23. The minimum Gasteiger partial charge on any atom is -0.478 e. The van der Waals surface area contributed by atoms with E-state index in [4.69, 9.17) is 5.11 Å². The number of rotatable bonds is 5. The standard InChI is InChI=1S/C12H16BrN3O3/c1-16(2)6-5-14-12(19)15-10-4-3-8(13)7-9(10)11(17)18/h3-4,7H,5-6H2,1-2H3,(H,17,18)(H2,14,15,19). The number of anilines is 1. The van der Waals surface area contributed by atoms with Crippen LogP contribution in [0.4, 0.5) is 10.5 Å². The zero-order valence-electron chi connectivity index (χ0n) is 10.7. The molecule has 0 aromatic heterocycles. The second-order valence-electron chi connectivity index (χ2n) is 4.18. The molecule has 0 saturated heterocycles. The normalized spacial score (nSPS) is 10.3. The third-order valence-corrected chi connectivity index (χ3v) is 2.80. The first kappa shape index (κ1) is 15.5. The highest BCUT2D eigenvalue weighted by Gasteiger charge is 2.12. The lowest BCUT2D eigenvalue weighted by atomic mass is 10.2. The van der Waals surface area contributed by atoms with E-state index >= 15 is 0 Å². The second-order valence-corrected chi connectivity index (χ2v) is 5.09. The van der Waals surface area contributed by atoms with Crippen LogP contribution >= 0.6 is 15.9 Å². The number of likely N-dealkylation sites (N-methyl/N-ethyl adjacent to an activating group) is 1. The summed E-state index contributed by atoms with van der Waals surface area (Å²) in [6.07, 6.45) is 0. The van der Waals surface area contributed by atoms with Crippen molar-refractivity contribution in [2.24, 2.45) is 0 Å². The van der Waals surface area contributed by atoms with Crippen molar-refractivity contribution in [3.05, 3.63) is 28.2 Å². The molecule has 0 spiro atoms. The highest BCUT2D eigenvalue weighted by molar-refractivity contribution is 9.10. The van der Waals surface area contributed by atoms with Crippen molar-refractivity contribution < 1.29 is 14.7 Å². The Kier molecular flexibility index (Phi) is 5.78. The number of amides is 2. The monoisotopic (exact) mass is 329 g/mol. The molecular weight excluding hydrogens is 314 g/mol. The van der Waals surface area contributed by atoms with Crippen molar-refractivity contribution >= 4 is 33.6 Å². The highest BCUT2D eigenvalue weighted by atomic mass is 79.9. The summed E-state index contributed by atoms with van der Waals surface area (Å²) in [6.45, 7) is 1.19. The van der Waals surface area contributed by atoms with Crippen LogP contribution in [0.3, 0.4) is 0 Å². The quantitative estimate of drug-likeness (QED) is 0.769. The molecule has 0 atom stereocenters. The molecule has 0 bridgehead atoms. The number of aromatic carboxylic acids is 1. The van der Waals surface area contributed by atoms with Crippen molar-refractivity contribution in [1.82, 2.24) is 10.2 Å². The van der Waals surface area contributed by atoms with Crippen LogP contribution in [0, 0.1) is 0 Å². The first-order valence-electron chi connectivity index (χ1n) is 5.62. The van der Waals surface area contributed by atoms with Gasteiger partial charge in [-0.1, -0.05) is 15.9 Å². The maximum absolute atomic E-state index is 11.6. The maximum Gasteiger partial charge on any atom is 0.337 e. The molecule has 0 aliphatic heterocycles. The Bertz CT molecular complexity index is 477. The van der Waals surface area contributed by atoms with Crippen molar-refractivity contribution in [1.29, 1.82) is 0 Å². The van der Waals surface area contributed by atoms with Crippen LogP contribution in [0.1, 0.15) is 10.4 Å². The van der Waals surface area contributed by atoms with Gasteiger partial charge in [0.25, 0.3) is 0 Å². The second kappa shape index (κ2) is 7.10. The Hall–Kier alpha value is -1.60. The summed E-state index contributed by atoms with van der Waals surface area (Å²) in [5, 5.41) is 14.2. The van der Waals surface area contributed by atoms with E-state index in [9.17, 15) is 9.59 Å². The van der Waals surface area contributed by atoms with E-state index in [1.54, 1.807) is 12.1 Å². The SMILES string of the molecule is CN(C)CCNC(=O)Nc1ccc(Br)cc1C(=O)O. The molecule has 2 amide bonds. The van der Waals surface area contributed by atoms with Crippen molar-refractivity contribution in [2.75, 3.05) is 32.5 Å². The third-order valence-electron chi connectivity index (χ3n) is 2.30. The summed E-state index contributed by atoms with van der Waals surface area (Å²) < 4.78 is 0.642. The molecule has 7 heteroatoms. The molecule has 0 aliphatic rings. The van der Waals surface area contributed by atoms with Crippen LogP contribution < -0.4 is 10.6 Å². The van der Waals surface area contributed by atoms with Gasteiger partial charge in [-0.15, -0.1) is 0 Å². The fourth-order valence-electron chi connectivity index (χ4n) is 1.36. The van der Waals surface area contributed by atoms with Crippen LogP contribution in [-0.4, -0.2) is 49.2 Å². The predicted molar refractivity (Wildman–Crippen MR) is 76.7 cm³/mol. The van der Waals surface area contributed by atoms with Gasteiger partial charge in [0.05, 0.1) is 11.3 Å². The van der Waals surface area contributed by atoms with Crippen LogP contribution in [0.2, 0.25) is 0 Å². The van der Waals surface area contributed by atoms with E-state index in [0.29, 0.717) is 17.6 Å². The number of hydrogen-bond donors (Lipinski definition) is 3. The molecule has 19 heavy (non-hydrogen) atoms. The van der Waals surface area contributed by atoms with Crippen molar-refractivity contribution in [2.45, 2.75) is 0 Å². The smallest absolute Gasteiger partial charge is 0.337 e. The first-order valence-corrected chi connectivity index (χ1v) is 6.42. The Labute approximate surface area is 119 Å². The minimum absolute atomic E-state index is 0.0390. The number of nitrogens with zero attached hydrogens (tertiary/aromatic N) is 1. The van der Waals surface area contributed by atoms with Gasteiger partial charge in [0.15, 0.2) is 0 Å². The Balaban J connectivity index is 2.66. The Morgan fingerprint density at radius 2 is 2.05 bits per heavy atom. The van der Waals surface area contributed by atoms with Crippen molar-refractivity contribution in [3.63, 3.8) is 0 Å². The minimum atomic E-state index is -1.09. The maximum atomic E-state index is 11.6. The average Bonchev–Trinajstić information content (AvgIpc) is 2.30. The lowest BCUT2D eigenvalue weighted by molar-refractivity contribution is 0.0698. The lowest BCUT2D eigenvalue weighted by Crippen LogP contribution is -2.34. The fourth-order valence-corrected chi connectivity index (χ4v) is 1.72. The number of carboxylic acids is 1. The van der Waals surface area contributed by atoms with E-state index < -0.39 is 12.0 Å². The largest absolute Gasteiger partial charge is 0.478 e. The average molecular weight is 330 g/mol. The summed E-state index contributed by atoms with van der Waals surface area (Å²) in [5.74, 6) is -1.09. The van der Waals surface area contributed by atoms with Gasteiger partial charge >= 0.3 is 12.0 Å². The molecular formula is C12H16BrN3O3. The Morgan fingerprint density at radius 1 is 1.37 bits per heavy atom. The van der Waals surface area contributed by atoms with E-state index in [1.165, 1.54) is 6.07 Å². The molecule has 0 aliphatic carbocycles. The van der Waals surface area contributed by atoms with Gasteiger partial charge in [-0.2, -0.15) is 0 Å². The van der Waals surface area contributed by atoms with Gasteiger partial charge in [-0.05, 0) is 32.3 Å². The topological polar surface area (TPSA) is 81.7 Å². The van der Waals surface area contributed by atoms with Crippen LogP contribution in [0.25, 0.3) is 0 Å². The number of hydrogen-bond acceptors (Lipinski definition) is 3. The van der Waals surface area contributed by atoms with E-state index in [0.717, 1.165) is 0 Å². The van der Waals surface area contributed by atoms with Crippen LogP contribution in [-0.2, 0) is 0 Å². The van der Waals surface area contributed by atoms with Crippen LogP contribution in [0.15, 0.2) is 22.7 Å². The number of nitrogens with one attached hydrogen (secondary N) is 2. The zero-order valence-corrected chi connectivity index (χ0v) is 12.3. The van der Waals surface area contributed by atoms with Gasteiger partial charge in [0, 0.05) is 17.6 Å². The summed E-state index contributed by atoms with van der Waals surface area (Å²) in [4.78, 5) is 24.6. The van der Waals surface area contributed by atoms with E-state index in [2.05, 4.69) is 26.6 Å². The molecule has 0 unspecified atom stereocenters. The lowest BCUT2D eigenvalue weighted by Gasteiger charge is -2.12. The molecule has 1 rings (SSSR count). The van der Waals surface area contributed by atoms with Gasteiger partial charge < -0.3 is 20.6 Å². The number of carbonyl (C=O) groups is 2. The Morgan fingerprint density at radius 3 is 2.63 bits per heavy atom. The number of carboxylic acid groups (broad SMARTS) is 1. The van der Waals surface area contributed by atoms with Crippen molar-refractivity contribution in [3.8, 4) is 0 Å². The molecule has 1 aromatic carbocycles. The fraction of sp³-hybridized carbons (Fsp3) is 0.333. The molecule has 0 heterocycles. The molecule has 1 aromatic rings. The number of urea groups is 1. The number of benzene rings is 1. The summed E-state index contributed by atoms with van der Waals surface area (Å²) in [5.41, 5.74) is 0.301. The first-order chi connectivity index (χ1) is 8.90. The van der Waals surface area contributed by atoms with E-state index in [-0.39, 0.29) is 11.3 Å². The summed E-state index contributed by atoms with van der Waals surface area (Å²) >= 11 is 3.19.